The van der Waals surface area contributed by atoms with Gasteiger partial charge in [0, 0.05) is 11.5 Å². The van der Waals surface area contributed by atoms with E-state index in [1.54, 1.807) is 19.9 Å². The average molecular weight is 576 g/mol. The summed E-state index contributed by atoms with van der Waals surface area (Å²) >= 11 is 2.15. The molecule has 5 aliphatic rings. The van der Waals surface area contributed by atoms with Gasteiger partial charge in [-0.25, -0.2) is 8.42 Å². The normalized spacial score (nSPS) is 38.8. The van der Waals surface area contributed by atoms with Gasteiger partial charge in [0.1, 0.15) is 10.8 Å². The molecule has 5 aliphatic carbocycles. The van der Waals surface area contributed by atoms with Crippen LogP contribution in [0.25, 0.3) is 0 Å². The molecule has 0 spiro atoms. The molecule has 0 saturated heterocycles. The highest BCUT2D eigenvalue weighted by Gasteiger charge is 2.58. The third kappa shape index (κ3) is 4.17. The van der Waals surface area contributed by atoms with Crippen molar-refractivity contribution in [2.75, 3.05) is 0 Å². The number of sulfonamides is 1. The molecule has 0 aliphatic heterocycles. The van der Waals surface area contributed by atoms with Crippen LogP contribution in [0.5, 0.6) is 0 Å². The standard InChI is InChI=1S/C23H34IN3O4S/c1-12-5-13(2)18(24)17(6-12)32(30,31)27-22(3,4)21(29)26-19-15-7-14-8-16(19)11-23(9-14,10-15)20(25)28/h5-6,14-19,27H,7-11H2,1-4H3,(H2,25,28)(H,26,29)/t14?,15?,16?,17?,18-,19?,23?/m0/s1. The lowest BCUT2D eigenvalue weighted by Crippen LogP contribution is -2.65. The van der Waals surface area contributed by atoms with Crippen molar-refractivity contribution in [1.82, 2.24) is 10.0 Å². The van der Waals surface area contributed by atoms with Gasteiger partial charge in [0.15, 0.2) is 0 Å². The molecule has 0 aromatic rings. The number of rotatable bonds is 6. The van der Waals surface area contributed by atoms with E-state index in [9.17, 15) is 18.0 Å². The minimum absolute atomic E-state index is 0.0328. The Balaban J connectivity index is 1.47. The summed E-state index contributed by atoms with van der Waals surface area (Å²) in [6.07, 6.45) is 8.06. The molecule has 7 nitrogen and oxygen atoms in total. The number of amides is 2. The van der Waals surface area contributed by atoms with Crippen molar-refractivity contribution in [3.63, 3.8) is 0 Å². The number of halogens is 1. The molecule has 4 bridgehead atoms. The van der Waals surface area contributed by atoms with Crippen molar-refractivity contribution in [3.05, 3.63) is 23.3 Å². The highest BCUT2D eigenvalue weighted by Crippen LogP contribution is 2.59. The van der Waals surface area contributed by atoms with E-state index < -0.39 is 26.2 Å². The van der Waals surface area contributed by atoms with Crippen molar-refractivity contribution in [2.24, 2.45) is 28.9 Å². The first-order valence-corrected chi connectivity index (χ1v) is 14.2. The summed E-state index contributed by atoms with van der Waals surface area (Å²) < 4.78 is 29.0. The van der Waals surface area contributed by atoms with Gasteiger partial charge < -0.3 is 11.1 Å². The number of allylic oxidation sites excluding steroid dienone is 3. The van der Waals surface area contributed by atoms with Gasteiger partial charge in [-0.3, -0.25) is 9.59 Å². The van der Waals surface area contributed by atoms with Gasteiger partial charge in [0.05, 0.1) is 3.92 Å². The Morgan fingerprint density at radius 1 is 1.16 bits per heavy atom. The smallest absolute Gasteiger partial charge is 0.240 e. The van der Waals surface area contributed by atoms with Crippen LogP contribution in [0, 0.1) is 23.2 Å². The van der Waals surface area contributed by atoms with E-state index in [-0.39, 0.29) is 33.6 Å². The van der Waals surface area contributed by atoms with E-state index in [2.05, 4.69) is 32.6 Å². The highest BCUT2D eigenvalue weighted by atomic mass is 127. The SMILES string of the molecule is CC1=CC(S(=O)(=O)NC(C)(C)C(=O)NC2C3CC4CC2CC(C(N)=O)(C4)C3)[C@@H](I)C(C)=C1. The van der Waals surface area contributed by atoms with Crippen LogP contribution in [0.1, 0.15) is 59.8 Å². The third-order valence-electron chi connectivity index (χ3n) is 8.02. The van der Waals surface area contributed by atoms with Gasteiger partial charge in [-0.1, -0.05) is 45.9 Å². The molecule has 0 radical (unpaired) electrons. The number of nitrogens with two attached hydrogens (primary N) is 1. The van der Waals surface area contributed by atoms with E-state index in [0.29, 0.717) is 5.92 Å². The summed E-state index contributed by atoms with van der Waals surface area (Å²) in [5.41, 5.74) is 5.97. The molecular formula is C23H34IN3O4S. The van der Waals surface area contributed by atoms with Crippen molar-refractivity contribution in [3.8, 4) is 0 Å². The fourth-order valence-corrected chi connectivity index (χ4v) is 10.1. The zero-order valence-corrected chi connectivity index (χ0v) is 22.1. The summed E-state index contributed by atoms with van der Waals surface area (Å²) in [5.74, 6) is 0.419. The number of hydrogen-bond acceptors (Lipinski definition) is 4. The van der Waals surface area contributed by atoms with Gasteiger partial charge in [-0.2, -0.15) is 4.72 Å². The number of hydrogen-bond donors (Lipinski definition) is 3. The number of alkyl halides is 1. The lowest BCUT2D eigenvalue weighted by atomic mass is 9.47. The van der Waals surface area contributed by atoms with Crippen molar-refractivity contribution in [1.29, 1.82) is 0 Å². The Kier molecular flexibility index (Phi) is 6.11. The second-order valence-corrected chi connectivity index (χ2v) is 14.2. The second-order valence-electron chi connectivity index (χ2n) is 11.1. The lowest BCUT2D eigenvalue weighted by molar-refractivity contribution is -0.148. The number of primary amides is 1. The summed E-state index contributed by atoms with van der Waals surface area (Å²) in [5, 5.41) is 2.44. The first kappa shape index (κ1) is 24.2. The predicted molar refractivity (Wildman–Crippen MR) is 132 cm³/mol. The molecule has 2 amide bonds. The minimum Gasteiger partial charge on any atom is -0.369 e. The van der Waals surface area contributed by atoms with Crippen molar-refractivity contribution < 1.29 is 18.0 Å². The molecule has 178 valence electrons. The van der Waals surface area contributed by atoms with Gasteiger partial charge in [0.2, 0.25) is 21.8 Å². The highest BCUT2D eigenvalue weighted by molar-refractivity contribution is 14.1. The molecule has 0 aromatic heterocycles. The summed E-state index contributed by atoms with van der Waals surface area (Å²) in [4.78, 5) is 25.5. The Morgan fingerprint density at radius 2 is 1.75 bits per heavy atom. The van der Waals surface area contributed by atoms with Crippen LogP contribution < -0.4 is 15.8 Å². The Bertz CT molecular complexity index is 987. The fourth-order valence-electron chi connectivity index (χ4n) is 6.70. The number of carbonyl (C=O) groups is 2. The molecule has 9 heteroatoms. The van der Waals surface area contributed by atoms with Crippen molar-refractivity contribution in [2.45, 2.75) is 80.6 Å². The van der Waals surface area contributed by atoms with Crippen LogP contribution >= 0.6 is 22.6 Å². The topological polar surface area (TPSA) is 118 Å². The van der Waals surface area contributed by atoms with E-state index >= 15 is 0 Å². The zero-order valence-electron chi connectivity index (χ0n) is 19.2. The van der Waals surface area contributed by atoms with Crippen molar-refractivity contribution >= 4 is 44.4 Å². The molecule has 4 N–H and O–H groups in total. The first-order valence-electron chi connectivity index (χ1n) is 11.4. The summed E-state index contributed by atoms with van der Waals surface area (Å²) in [6, 6.07) is -0.0328. The molecular weight excluding hydrogens is 541 g/mol. The zero-order chi connectivity index (χ0) is 23.6. The first-order chi connectivity index (χ1) is 14.7. The van der Waals surface area contributed by atoms with Crippen LogP contribution in [0.2, 0.25) is 0 Å². The average Bonchev–Trinajstić information content (AvgIpc) is 2.65. The van der Waals surface area contributed by atoms with Gasteiger partial charge in [-0.05, 0) is 77.6 Å². The monoisotopic (exact) mass is 575 g/mol. The van der Waals surface area contributed by atoms with E-state index in [0.717, 1.165) is 43.3 Å². The molecule has 32 heavy (non-hydrogen) atoms. The molecule has 4 saturated carbocycles. The van der Waals surface area contributed by atoms with Gasteiger partial charge in [0.25, 0.3) is 0 Å². The molecule has 0 heterocycles. The molecule has 0 aromatic carbocycles. The maximum absolute atomic E-state index is 13.3. The largest absolute Gasteiger partial charge is 0.369 e. The van der Waals surface area contributed by atoms with Crippen LogP contribution in [-0.2, 0) is 19.6 Å². The molecule has 3 unspecified atom stereocenters. The van der Waals surface area contributed by atoms with E-state index in [1.807, 2.05) is 19.9 Å². The number of nitrogens with one attached hydrogen (secondary N) is 2. The van der Waals surface area contributed by atoms with Crippen LogP contribution in [0.15, 0.2) is 23.3 Å². The number of carbonyl (C=O) groups excluding carboxylic acids is 2. The third-order valence-corrected chi connectivity index (χ3v) is 12.2. The predicted octanol–water partition coefficient (Wildman–Crippen LogP) is 2.56. The van der Waals surface area contributed by atoms with Crippen LogP contribution in [-0.4, -0.2) is 41.0 Å². The Labute approximate surface area is 204 Å². The molecule has 5 rings (SSSR count). The second kappa shape index (κ2) is 8.08. The van der Waals surface area contributed by atoms with Gasteiger partial charge >= 0.3 is 0 Å². The minimum atomic E-state index is -3.78. The molecule has 4 fully saturated rings. The van der Waals surface area contributed by atoms with Gasteiger partial charge in [-0.15, -0.1) is 0 Å². The summed E-state index contributed by atoms with van der Waals surface area (Å²) in [7, 11) is -3.78. The lowest BCUT2D eigenvalue weighted by Gasteiger charge is -2.59. The summed E-state index contributed by atoms with van der Waals surface area (Å²) in [6.45, 7) is 7.05. The quantitative estimate of drug-likeness (QED) is 0.333. The van der Waals surface area contributed by atoms with Crippen LogP contribution in [0.4, 0.5) is 0 Å². The maximum atomic E-state index is 13.3. The molecule has 4 atom stereocenters. The maximum Gasteiger partial charge on any atom is 0.240 e. The fraction of sp³-hybridized carbons (Fsp3) is 0.739. The van der Waals surface area contributed by atoms with Crippen LogP contribution in [0.3, 0.4) is 0 Å². The van der Waals surface area contributed by atoms with E-state index in [1.165, 1.54) is 0 Å². The van der Waals surface area contributed by atoms with E-state index in [4.69, 9.17) is 5.73 Å². The Hall–Kier alpha value is -0.940. The Morgan fingerprint density at radius 3 is 2.31 bits per heavy atom.